The molecule has 0 spiro atoms. The van der Waals surface area contributed by atoms with Gasteiger partial charge < -0.3 is 20.7 Å². The van der Waals surface area contributed by atoms with Crippen molar-refractivity contribution < 1.29 is 19.1 Å². The van der Waals surface area contributed by atoms with E-state index in [9.17, 15) is 14.4 Å². The van der Waals surface area contributed by atoms with Crippen molar-refractivity contribution in [3.05, 3.63) is 41.7 Å². The third-order valence-electron chi connectivity index (χ3n) is 3.74. The van der Waals surface area contributed by atoms with Crippen LogP contribution in [0.3, 0.4) is 0 Å². The van der Waals surface area contributed by atoms with Crippen molar-refractivity contribution in [1.82, 2.24) is 25.2 Å². The number of benzene rings is 1. The van der Waals surface area contributed by atoms with Crippen LogP contribution in [-0.4, -0.2) is 58.0 Å². The molecule has 10 heteroatoms. The lowest BCUT2D eigenvalue weighted by Crippen LogP contribution is -2.39. The van der Waals surface area contributed by atoms with Crippen molar-refractivity contribution in [2.24, 2.45) is 5.73 Å². The Morgan fingerprint density at radius 2 is 1.96 bits per heavy atom. The largest absolute Gasteiger partial charge is 0.450 e. The lowest BCUT2D eigenvalue weighted by molar-refractivity contribution is -0.122. The number of hydrogen-bond acceptors (Lipinski definition) is 6. The van der Waals surface area contributed by atoms with Gasteiger partial charge in [-0.1, -0.05) is 17.3 Å². The number of carbonyl (C=O) groups is 3. The predicted octanol–water partition coefficient (Wildman–Crippen LogP) is 0.632. The first-order valence-electron chi connectivity index (χ1n) is 8.31. The van der Waals surface area contributed by atoms with Crippen LogP contribution in [0.4, 0.5) is 4.79 Å². The average Bonchev–Trinajstić information content (AvgIpc) is 3.12. The summed E-state index contributed by atoms with van der Waals surface area (Å²) in [6.45, 7) is 3.68. The zero-order valence-electron chi connectivity index (χ0n) is 15.4. The molecule has 0 radical (unpaired) electrons. The van der Waals surface area contributed by atoms with Gasteiger partial charge in [0.05, 0.1) is 24.5 Å². The normalized spacial score (nSPS) is 11.5. The minimum absolute atomic E-state index is 0.0745. The summed E-state index contributed by atoms with van der Waals surface area (Å²) in [6.07, 6.45) is 0.890. The number of nitrogens with two attached hydrogens (primary N) is 1. The van der Waals surface area contributed by atoms with Crippen molar-refractivity contribution in [2.75, 3.05) is 20.2 Å². The first-order chi connectivity index (χ1) is 12.8. The highest BCUT2D eigenvalue weighted by molar-refractivity contribution is 5.90. The van der Waals surface area contributed by atoms with Gasteiger partial charge in [-0.05, 0) is 31.5 Å². The Morgan fingerprint density at radius 1 is 1.30 bits per heavy atom. The number of rotatable bonds is 7. The van der Waals surface area contributed by atoms with Crippen molar-refractivity contribution in [3.63, 3.8) is 0 Å². The van der Waals surface area contributed by atoms with Crippen molar-refractivity contribution in [1.29, 1.82) is 0 Å². The Bertz CT molecular complexity index is 817. The van der Waals surface area contributed by atoms with Gasteiger partial charge >= 0.3 is 6.09 Å². The van der Waals surface area contributed by atoms with E-state index in [1.807, 2.05) is 19.1 Å². The highest BCUT2D eigenvalue weighted by Gasteiger charge is 2.16. The molecular weight excluding hydrogens is 352 g/mol. The molecule has 0 bridgehead atoms. The van der Waals surface area contributed by atoms with Gasteiger partial charge in [0.15, 0.2) is 5.69 Å². The van der Waals surface area contributed by atoms with E-state index in [-0.39, 0.29) is 30.8 Å². The molecule has 0 aliphatic carbocycles. The molecule has 1 atom stereocenters. The van der Waals surface area contributed by atoms with Gasteiger partial charge in [-0.2, -0.15) is 0 Å². The van der Waals surface area contributed by atoms with Crippen LogP contribution in [-0.2, 0) is 9.53 Å². The Labute approximate surface area is 156 Å². The van der Waals surface area contributed by atoms with Crippen LogP contribution in [0.5, 0.6) is 0 Å². The molecule has 1 heterocycles. The lowest BCUT2D eigenvalue weighted by atomic mass is 10.1. The zero-order valence-corrected chi connectivity index (χ0v) is 15.4. The quantitative estimate of drug-likeness (QED) is 0.730. The van der Waals surface area contributed by atoms with Gasteiger partial charge in [0.1, 0.15) is 6.54 Å². The van der Waals surface area contributed by atoms with Crippen molar-refractivity contribution >= 4 is 17.9 Å². The van der Waals surface area contributed by atoms with Crippen LogP contribution >= 0.6 is 0 Å². The van der Waals surface area contributed by atoms with Gasteiger partial charge in [-0.25, -0.2) is 9.48 Å². The molecule has 1 unspecified atom stereocenters. The summed E-state index contributed by atoms with van der Waals surface area (Å²) in [6, 6.07) is 6.94. The third-order valence-corrected chi connectivity index (χ3v) is 3.74. The Hall–Kier alpha value is -3.43. The number of aromatic nitrogens is 3. The summed E-state index contributed by atoms with van der Waals surface area (Å²) < 4.78 is 6.26. The van der Waals surface area contributed by atoms with E-state index in [2.05, 4.69) is 15.6 Å². The molecular formula is C17H22N6O4. The molecule has 1 aromatic heterocycles. The minimum Gasteiger partial charge on any atom is -0.450 e. The molecule has 0 aliphatic heterocycles. The third kappa shape index (κ3) is 5.27. The molecule has 2 aromatic rings. The molecule has 0 aliphatic rings. The van der Waals surface area contributed by atoms with E-state index >= 15 is 0 Å². The molecule has 3 N–H and O–H groups in total. The van der Waals surface area contributed by atoms with E-state index in [1.54, 1.807) is 19.1 Å². The maximum atomic E-state index is 12.1. The Balaban J connectivity index is 1.96. The molecule has 144 valence electrons. The van der Waals surface area contributed by atoms with Crippen LogP contribution in [0, 0.1) is 0 Å². The van der Waals surface area contributed by atoms with Crippen LogP contribution in [0.1, 0.15) is 35.9 Å². The maximum absolute atomic E-state index is 12.1. The molecule has 10 nitrogen and oxygen atoms in total. The number of amides is 3. The minimum atomic E-state index is -0.651. The predicted molar refractivity (Wildman–Crippen MR) is 96.1 cm³/mol. The number of nitrogens with zero attached hydrogens (tertiary/aromatic N) is 4. The summed E-state index contributed by atoms with van der Waals surface area (Å²) >= 11 is 0. The first kappa shape index (κ1) is 19.9. The van der Waals surface area contributed by atoms with E-state index < -0.39 is 12.0 Å². The Morgan fingerprint density at radius 3 is 2.52 bits per heavy atom. The Kier molecular flexibility index (Phi) is 6.47. The zero-order chi connectivity index (χ0) is 20.0. The second-order valence-electron chi connectivity index (χ2n) is 5.85. The smallest absolute Gasteiger partial charge is 0.409 e. The van der Waals surface area contributed by atoms with Gasteiger partial charge in [-0.15, -0.1) is 5.10 Å². The second-order valence-corrected chi connectivity index (χ2v) is 5.85. The number of nitrogens with one attached hydrogen (secondary N) is 1. The summed E-state index contributed by atoms with van der Waals surface area (Å²) in [5.74, 6) is -0.952. The fourth-order valence-corrected chi connectivity index (χ4v) is 2.30. The number of hydrogen-bond donors (Lipinski definition) is 2. The van der Waals surface area contributed by atoms with E-state index in [1.165, 1.54) is 22.8 Å². The van der Waals surface area contributed by atoms with Gasteiger partial charge in [-0.3, -0.25) is 9.59 Å². The first-order valence-corrected chi connectivity index (χ1v) is 8.31. The topological polar surface area (TPSA) is 132 Å². The van der Waals surface area contributed by atoms with Crippen LogP contribution in [0.25, 0.3) is 5.69 Å². The second kappa shape index (κ2) is 8.79. The highest BCUT2D eigenvalue weighted by atomic mass is 16.6. The summed E-state index contributed by atoms with van der Waals surface area (Å²) in [5.41, 5.74) is 6.79. The van der Waals surface area contributed by atoms with E-state index in [0.29, 0.717) is 5.69 Å². The average molecular weight is 374 g/mol. The van der Waals surface area contributed by atoms with Crippen LogP contribution in [0.2, 0.25) is 0 Å². The summed E-state index contributed by atoms with van der Waals surface area (Å²) in [5, 5.41) is 10.3. The van der Waals surface area contributed by atoms with Crippen LogP contribution in [0.15, 0.2) is 30.5 Å². The molecule has 0 fully saturated rings. The summed E-state index contributed by atoms with van der Waals surface area (Å²) in [7, 11) is 1.50. The summed E-state index contributed by atoms with van der Waals surface area (Å²) in [4.78, 5) is 35.9. The number of ether oxygens (including phenoxy) is 1. The fraction of sp³-hybridized carbons (Fsp3) is 0.353. The standard InChI is InChI=1S/C17H22N6O4/c1-4-27-17(26)22(3)10-15(24)19-11(2)12-5-7-13(8-6-12)23-9-14(16(18)25)20-21-23/h5-9,11H,4,10H2,1-3H3,(H2,18,25)(H,19,24). The SMILES string of the molecule is CCOC(=O)N(C)CC(=O)NC(C)c1ccc(-n2cc(C(N)=O)nn2)cc1. The molecule has 2 rings (SSSR count). The molecule has 1 aromatic carbocycles. The molecule has 27 heavy (non-hydrogen) atoms. The number of primary amides is 1. The van der Waals surface area contributed by atoms with Crippen molar-refractivity contribution in [2.45, 2.75) is 19.9 Å². The van der Waals surface area contributed by atoms with Gasteiger partial charge in [0, 0.05) is 7.05 Å². The molecule has 0 saturated carbocycles. The number of carbonyl (C=O) groups excluding carboxylic acids is 3. The van der Waals surface area contributed by atoms with E-state index in [0.717, 1.165) is 5.56 Å². The highest BCUT2D eigenvalue weighted by Crippen LogP contribution is 2.15. The van der Waals surface area contributed by atoms with E-state index in [4.69, 9.17) is 10.5 Å². The monoisotopic (exact) mass is 374 g/mol. The van der Waals surface area contributed by atoms with Gasteiger partial charge in [0.2, 0.25) is 5.91 Å². The lowest BCUT2D eigenvalue weighted by Gasteiger charge is -2.19. The van der Waals surface area contributed by atoms with Crippen LogP contribution < -0.4 is 11.1 Å². The number of likely N-dealkylation sites (N-methyl/N-ethyl adjacent to an activating group) is 1. The maximum Gasteiger partial charge on any atom is 0.409 e. The van der Waals surface area contributed by atoms with Crippen molar-refractivity contribution in [3.8, 4) is 5.69 Å². The fourth-order valence-electron chi connectivity index (χ4n) is 2.30. The molecule has 3 amide bonds. The van der Waals surface area contributed by atoms with Gasteiger partial charge in [0.25, 0.3) is 5.91 Å². The molecule has 0 saturated heterocycles.